The van der Waals surface area contributed by atoms with E-state index in [2.05, 4.69) is 0 Å². The Kier molecular flexibility index (Phi) is 8.21. The molecule has 0 bridgehead atoms. The van der Waals surface area contributed by atoms with Crippen molar-refractivity contribution in [3.63, 3.8) is 0 Å². The lowest BCUT2D eigenvalue weighted by Crippen LogP contribution is -2.41. The third-order valence-corrected chi connectivity index (χ3v) is 5.64. The van der Waals surface area contributed by atoms with Crippen LogP contribution in [0.3, 0.4) is 0 Å². The molecule has 0 N–H and O–H groups in total. The van der Waals surface area contributed by atoms with Crippen LogP contribution in [0.25, 0.3) is 5.57 Å². The lowest BCUT2D eigenvalue weighted by molar-refractivity contribution is -0.176. The fraction of sp³-hybridized carbons (Fsp3) is 0.583. The van der Waals surface area contributed by atoms with Gasteiger partial charge in [-0.2, -0.15) is 5.06 Å². The number of piperidine rings is 1. The van der Waals surface area contributed by atoms with Crippen molar-refractivity contribution in [3.05, 3.63) is 40.1 Å². The Morgan fingerprint density at radius 1 is 1.03 bits per heavy atom. The van der Waals surface area contributed by atoms with Crippen LogP contribution in [0, 0.1) is 26.2 Å². The Hall–Kier alpha value is -2.18. The second-order valence-electron chi connectivity index (χ2n) is 8.23. The maximum atomic E-state index is 12.9. The smallest absolute Gasteiger partial charge is 0.434 e. The topological polar surface area (TPSA) is 65.1 Å². The van der Waals surface area contributed by atoms with Crippen molar-refractivity contribution < 1.29 is 23.9 Å². The van der Waals surface area contributed by atoms with Crippen LogP contribution < -0.4 is 0 Å². The highest BCUT2D eigenvalue weighted by atomic mass is 16.7. The minimum Gasteiger partial charge on any atom is -0.434 e. The van der Waals surface area contributed by atoms with Gasteiger partial charge in [0.2, 0.25) is 0 Å². The van der Waals surface area contributed by atoms with Gasteiger partial charge in [0.15, 0.2) is 5.78 Å². The zero-order chi connectivity index (χ0) is 22.5. The molecule has 0 saturated carbocycles. The van der Waals surface area contributed by atoms with Gasteiger partial charge in [-0.25, -0.2) is 4.79 Å². The number of benzene rings is 1. The molecule has 1 heterocycles. The van der Waals surface area contributed by atoms with Crippen molar-refractivity contribution in [2.45, 2.75) is 61.3 Å². The third kappa shape index (κ3) is 5.49. The average molecular weight is 418 g/mol. The molecule has 1 saturated heterocycles. The predicted molar refractivity (Wildman–Crippen MR) is 117 cm³/mol. The van der Waals surface area contributed by atoms with Crippen molar-refractivity contribution in [2.75, 3.05) is 26.3 Å². The highest BCUT2D eigenvalue weighted by molar-refractivity contribution is 6.21. The highest BCUT2D eigenvalue weighted by Crippen LogP contribution is 2.44. The number of carbonyl (C=O) groups excluding carboxylic acids is 2. The summed E-state index contributed by atoms with van der Waals surface area (Å²) >= 11 is 0. The average Bonchev–Trinajstić information content (AvgIpc) is 2.65. The molecule has 0 radical (unpaired) electrons. The number of hydrogen-bond donors (Lipinski definition) is 0. The minimum atomic E-state index is -0.776. The molecule has 1 aromatic carbocycles. The fourth-order valence-corrected chi connectivity index (χ4v) is 4.25. The molecule has 0 atom stereocenters. The van der Waals surface area contributed by atoms with Crippen molar-refractivity contribution in [1.82, 2.24) is 5.06 Å². The maximum Gasteiger partial charge on any atom is 0.513 e. The molecule has 1 aliphatic heterocycles. The van der Waals surface area contributed by atoms with Gasteiger partial charge in [0.05, 0.1) is 18.8 Å². The molecular formula is C24H35NO5. The molecular weight excluding hydrogens is 382 g/mol. The number of allylic oxidation sites excluding steroid dienone is 2. The van der Waals surface area contributed by atoms with Crippen molar-refractivity contribution in [2.24, 2.45) is 5.41 Å². The SMILES string of the molecule is CCOC(=O)O/C(=C(/C(C)=O)c1c(C)cc(C)cc1C)C1(C)CCN(OCC)CC1. The monoisotopic (exact) mass is 417 g/mol. The Bertz CT molecular complexity index is 796. The first-order chi connectivity index (χ1) is 14.1. The van der Waals surface area contributed by atoms with E-state index in [0.717, 1.165) is 22.3 Å². The van der Waals surface area contributed by atoms with Crippen molar-refractivity contribution in [3.8, 4) is 0 Å². The van der Waals surface area contributed by atoms with Gasteiger partial charge in [0.1, 0.15) is 5.76 Å². The second kappa shape index (κ2) is 10.2. The first kappa shape index (κ1) is 24.1. The zero-order valence-electron chi connectivity index (χ0n) is 19.4. The summed E-state index contributed by atoms with van der Waals surface area (Å²) in [5.74, 6) is 0.275. The van der Waals surface area contributed by atoms with E-state index in [4.69, 9.17) is 14.3 Å². The lowest BCUT2D eigenvalue weighted by atomic mass is 9.75. The Labute approximate surface area is 180 Å². The largest absolute Gasteiger partial charge is 0.513 e. The number of Topliss-reactive ketones (excluding diaryl/α,β-unsaturated/α-hetero) is 1. The molecule has 1 fully saturated rings. The molecule has 0 aromatic heterocycles. The van der Waals surface area contributed by atoms with E-state index in [0.29, 0.717) is 43.9 Å². The van der Waals surface area contributed by atoms with Gasteiger partial charge in [-0.15, -0.1) is 0 Å². The third-order valence-electron chi connectivity index (χ3n) is 5.64. The molecule has 0 unspecified atom stereocenters. The van der Waals surface area contributed by atoms with Crippen LogP contribution >= 0.6 is 0 Å². The first-order valence-corrected chi connectivity index (χ1v) is 10.7. The van der Waals surface area contributed by atoms with Crippen LogP contribution in [-0.4, -0.2) is 43.3 Å². The van der Waals surface area contributed by atoms with E-state index in [1.807, 2.05) is 51.8 Å². The van der Waals surface area contributed by atoms with E-state index in [1.165, 1.54) is 6.92 Å². The summed E-state index contributed by atoms with van der Waals surface area (Å²) in [5, 5.41) is 1.93. The van der Waals surface area contributed by atoms with E-state index >= 15 is 0 Å². The standard InChI is InChI=1S/C24H35NO5/c1-8-28-23(27)30-22(24(7)10-12-25(13-11-24)29-9-2)21(19(6)26)20-17(4)14-16(3)15-18(20)5/h14-15H,8-13H2,1-7H3/b22-21-. The fourth-order valence-electron chi connectivity index (χ4n) is 4.25. The summed E-state index contributed by atoms with van der Waals surface area (Å²) in [6.07, 6.45) is 0.618. The molecule has 6 heteroatoms. The Morgan fingerprint density at radius 3 is 2.07 bits per heavy atom. The molecule has 166 valence electrons. The quantitative estimate of drug-likeness (QED) is 0.348. The van der Waals surface area contributed by atoms with Gasteiger partial charge < -0.3 is 9.47 Å². The van der Waals surface area contributed by atoms with Gasteiger partial charge >= 0.3 is 6.16 Å². The molecule has 30 heavy (non-hydrogen) atoms. The van der Waals surface area contributed by atoms with Crippen LogP contribution in [0.1, 0.15) is 62.8 Å². The number of nitrogens with zero attached hydrogens (tertiary/aromatic N) is 1. The summed E-state index contributed by atoms with van der Waals surface area (Å²) in [6, 6.07) is 4.10. The summed E-state index contributed by atoms with van der Waals surface area (Å²) in [5.41, 5.74) is 3.90. The minimum absolute atomic E-state index is 0.127. The van der Waals surface area contributed by atoms with Gasteiger partial charge in [0.25, 0.3) is 0 Å². The van der Waals surface area contributed by atoms with Crippen LogP contribution in [0.4, 0.5) is 4.79 Å². The number of rotatable bonds is 7. The van der Waals surface area contributed by atoms with E-state index in [-0.39, 0.29) is 12.4 Å². The number of hydroxylamine groups is 2. The summed E-state index contributed by atoms with van der Waals surface area (Å²) < 4.78 is 10.9. The normalized spacial score (nSPS) is 17.3. The lowest BCUT2D eigenvalue weighted by Gasteiger charge is -2.40. The van der Waals surface area contributed by atoms with Crippen molar-refractivity contribution in [1.29, 1.82) is 0 Å². The van der Waals surface area contributed by atoms with Crippen molar-refractivity contribution >= 4 is 17.5 Å². The van der Waals surface area contributed by atoms with Gasteiger partial charge in [-0.05, 0) is 71.1 Å². The molecule has 0 amide bonds. The van der Waals surface area contributed by atoms with Crippen LogP contribution in [0.5, 0.6) is 0 Å². The Balaban J connectivity index is 2.64. The van der Waals surface area contributed by atoms with Gasteiger partial charge in [0, 0.05) is 18.5 Å². The second-order valence-corrected chi connectivity index (χ2v) is 8.23. The van der Waals surface area contributed by atoms with E-state index in [9.17, 15) is 9.59 Å². The van der Waals surface area contributed by atoms with Gasteiger partial charge in [-0.3, -0.25) is 9.63 Å². The molecule has 0 aliphatic carbocycles. The maximum absolute atomic E-state index is 12.9. The zero-order valence-corrected chi connectivity index (χ0v) is 19.4. The highest BCUT2D eigenvalue weighted by Gasteiger charge is 2.40. The van der Waals surface area contributed by atoms with E-state index < -0.39 is 11.6 Å². The first-order valence-electron chi connectivity index (χ1n) is 10.7. The molecule has 1 aromatic rings. The number of hydrogen-bond acceptors (Lipinski definition) is 6. The van der Waals surface area contributed by atoms with Crippen LogP contribution in [0.2, 0.25) is 0 Å². The van der Waals surface area contributed by atoms with E-state index in [1.54, 1.807) is 6.92 Å². The summed E-state index contributed by atoms with van der Waals surface area (Å²) in [7, 11) is 0. The Morgan fingerprint density at radius 2 is 1.60 bits per heavy atom. The molecule has 6 nitrogen and oxygen atoms in total. The number of aryl methyl sites for hydroxylation is 3. The number of ether oxygens (including phenoxy) is 2. The molecule has 1 aliphatic rings. The summed E-state index contributed by atoms with van der Waals surface area (Å²) in [6.45, 7) is 15.5. The molecule has 0 spiro atoms. The molecule has 2 rings (SSSR count). The van der Waals surface area contributed by atoms with Crippen LogP contribution in [-0.2, 0) is 19.1 Å². The summed E-state index contributed by atoms with van der Waals surface area (Å²) in [4.78, 5) is 30.9. The van der Waals surface area contributed by atoms with Gasteiger partial charge in [-0.1, -0.05) is 24.6 Å². The number of carbonyl (C=O) groups is 2. The predicted octanol–water partition coefficient (Wildman–Crippen LogP) is 5.14. The van der Waals surface area contributed by atoms with Crippen LogP contribution in [0.15, 0.2) is 17.9 Å². The number of ketones is 1.